The molecule has 2 rings (SSSR count). The Morgan fingerprint density at radius 3 is 2.48 bits per heavy atom. The summed E-state index contributed by atoms with van der Waals surface area (Å²) in [7, 11) is 1.62. The van der Waals surface area contributed by atoms with Crippen LogP contribution in [0, 0.1) is 0 Å². The number of hydrogen-bond donors (Lipinski definition) is 1. The van der Waals surface area contributed by atoms with Crippen molar-refractivity contribution in [2.45, 2.75) is 12.6 Å². The molecule has 0 unspecified atom stereocenters. The minimum atomic E-state index is -0.202. The SMILES string of the molecule is C=C[C@H](N)c1ccc(OCc2ccccc2)c(OC)c1.Cl. The standard InChI is InChI=1S/C17H19NO2.ClH/c1-3-15(18)14-9-10-16(17(11-14)19-2)20-12-13-7-5-4-6-8-13;/h3-11,15H,1,12,18H2,2H3;1H/t15-;/m0./s1. The zero-order valence-electron chi connectivity index (χ0n) is 12.0. The molecule has 2 N–H and O–H groups in total. The Bertz CT molecular complexity index is 572. The molecule has 2 aromatic carbocycles. The average molecular weight is 306 g/mol. The van der Waals surface area contributed by atoms with Crippen LogP contribution in [-0.2, 0) is 6.61 Å². The van der Waals surface area contributed by atoms with E-state index < -0.39 is 0 Å². The van der Waals surface area contributed by atoms with Crippen LogP contribution in [0.2, 0.25) is 0 Å². The van der Waals surface area contributed by atoms with E-state index in [0.717, 1.165) is 11.1 Å². The number of hydrogen-bond acceptors (Lipinski definition) is 3. The molecule has 0 saturated heterocycles. The Balaban J connectivity index is 0.00000220. The number of benzene rings is 2. The van der Waals surface area contributed by atoms with Crippen LogP contribution in [0.4, 0.5) is 0 Å². The topological polar surface area (TPSA) is 44.5 Å². The number of methoxy groups -OCH3 is 1. The third-order valence-corrected chi connectivity index (χ3v) is 3.06. The summed E-state index contributed by atoms with van der Waals surface area (Å²) in [5.74, 6) is 1.38. The molecule has 0 aliphatic carbocycles. The number of rotatable bonds is 6. The lowest BCUT2D eigenvalue weighted by molar-refractivity contribution is 0.284. The molecule has 0 heterocycles. The summed E-state index contributed by atoms with van der Waals surface area (Å²) in [6.45, 7) is 4.20. The second kappa shape index (κ2) is 8.35. The molecule has 1 atom stereocenters. The van der Waals surface area contributed by atoms with Crippen molar-refractivity contribution in [3.05, 3.63) is 72.3 Å². The normalized spacial score (nSPS) is 11.1. The summed E-state index contributed by atoms with van der Waals surface area (Å²) in [5, 5.41) is 0. The molecular formula is C17H20ClNO2. The molecule has 0 bridgehead atoms. The maximum atomic E-state index is 5.92. The van der Waals surface area contributed by atoms with E-state index in [9.17, 15) is 0 Å². The van der Waals surface area contributed by atoms with Gasteiger partial charge in [0, 0.05) is 6.04 Å². The van der Waals surface area contributed by atoms with E-state index in [4.69, 9.17) is 15.2 Å². The molecule has 0 aliphatic rings. The molecule has 4 heteroatoms. The van der Waals surface area contributed by atoms with Crippen molar-refractivity contribution in [3.8, 4) is 11.5 Å². The first-order chi connectivity index (χ1) is 9.74. The van der Waals surface area contributed by atoms with Gasteiger partial charge in [-0.25, -0.2) is 0 Å². The summed E-state index contributed by atoms with van der Waals surface area (Å²) in [6, 6.07) is 15.5. The van der Waals surface area contributed by atoms with Crippen LogP contribution >= 0.6 is 12.4 Å². The van der Waals surface area contributed by atoms with Crippen LogP contribution < -0.4 is 15.2 Å². The zero-order valence-corrected chi connectivity index (χ0v) is 12.8. The van der Waals surface area contributed by atoms with Gasteiger partial charge in [-0.2, -0.15) is 0 Å². The van der Waals surface area contributed by atoms with E-state index in [1.54, 1.807) is 13.2 Å². The highest BCUT2D eigenvalue weighted by molar-refractivity contribution is 5.85. The van der Waals surface area contributed by atoms with Gasteiger partial charge in [-0.15, -0.1) is 19.0 Å². The molecular weight excluding hydrogens is 286 g/mol. The summed E-state index contributed by atoms with van der Waals surface area (Å²) in [6.07, 6.45) is 1.69. The third kappa shape index (κ3) is 4.52. The van der Waals surface area contributed by atoms with Crippen LogP contribution in [0.15, 0.2) is 61.2 Å². The quantitative estimate of drug-likeness (QED) is 0.824. The molecule has 0 amide bonds. The molecule has 112 valence electrons. The Morgan fingerprint density at radius 1 is 1.14 bits per heavy atom. The highest BCUT2D eigenvalue weighted by Gasteiger charge is 2.09. The molecule has 3 nitrogen and oxygen atoms in total. The van der Waals surface area contributed by atoms with E-state index in [0.29, 0.717) is 18.1 Å². The number of nitrogens with two attached hydrogens (primary N) is 1. The van der Waals surface area contributed by atoms with E-state index in [1.165, 1.54) is 0 Å². The van der Waals surface area contributed by atoms with Crippen molar-refractivity contribution in [3.63, 3.8) is 0 Å². The van der Waals surface area contributed by atoms with Gasteiger partial charge in [-0.3, -0.25) is 0 Å². The number of ether oxygens (including phenoxy) is 2. The summed E-state index contributed by atoms with van der Waals surface area (Å²) in [5.41, 5.74) is 7.98. The molecule has 21 heavy (non-hydrogen) atoms. The van der Waals surface area contributed by atoms with Gasteiger partial charge >= 0.3 is 0 Å². The monoisotopic (exact) mass is 305 g/mol. The lowest BCUT2D eigenvalue weighted by atomic mass is 10.1. The summed E-state index contributed by atoms with van der Waals surface area (Å²) >= 11 is 0. The van der Waals surface area contributed by atoms with Gasteiger partial charge in [0.2, 0.25) is 0 Å². The highest BCUT2D eigenvalue weighted by atomic mass is 35.5. The maximum Gasteiger partial charge on any atom is 0.161 e. The Hall–Kier alpha value is -1.97. The van der Waals surface area contributed by atoms with Gasteiger partial charge in [0.1, 0.15) is 6.61 Å². The van der Waals surface area contributed by atoms with Crippen LogP contribution in [0.3, 0.4) is 0 Å². The fourth-order valence-electron chi connectivity index (χ4n) is 1.88. The molecule has 0 saturated carbocycles. The predicted molar refractivity (Wildman–Crippen MR) is 88.1 cm³/mol. The smallest absolute Gasteiger partial charge is 0.161 e. The van der Waals surface area contributed by atoms with E-state index >= 15 is 0 Å². The Morgan fingerprint density at radius 2 is 1.86 bits per heavy atom. The predicted octanol–water partition coefficient (Wildman–Crippen LogP) is 3.88. The highest BCUT2D eigenvalue weighted by Crippen LogP contribution is 2.30. The first kappa shape index (κ1) is 17.1. The zero-order chi connectivity index (χ0) is 14.4. The molecule has 0 spiro atoms. The second-order valence-electron chi connectivity index (χ2n) is 4.45. The largest absolute Gasteiger partial charge is 0.493 e. The van der Waals surface area contributed by atoms with E-state index in [2.05, 4.69) is 6.58 Å². The molecule has 0 aromatic heterocycles. The van der Waals surface area contributed by atoms with Crippen molar-refractivity contribution >= 4 is 12.4 Å². The van der Waals surface area contributed by atoms with Crippen molar-refractivity contribution < 1.29 is 9.47 Å². The lowest BCUT2D eigenvalue weighted by Crippen LogP contribution is -2.07. The van der Waals surface area contributed by atoms with Gasteiger partial charge in [0.15, 0.2) is 11.5 Å². The van der Waals surface area contributed by atoms with E-state index in [1.807, 2.05) is 48.5 Å². The van der Waals surface area contributed by atoms with Crippen LogP contribution in [-0.4, -0.2) is 7.11 Å². The maximum absolute atomic E-state index is 5.92. The minimum Gasteiger partial charge on any atom is -0.493 e. The minimum absolute atomic E-state index is 0. The Kier molecular flexibility index (Phi) is 6.79. The van der Waals surface area contributed by atoms with Crippen molar-refractivity contribution in [2.75, 3.05) is 7.11 Å². The summed E-state index contributed by atoms with van der Waals surface area (Å²) in [4.78, 5) is 0. The van der Waals surface area contributed by atoms with E-state index in [-0.39, 0.29) is 18.4 Å². The Labute approximate surface area is 131 Å². The molecule has 0 aliphatic heterocycles. The molecule has 0 fully saturated rings. The van der Waals surface area contributed by atoms with Crippen molar-refractivity contribution in [1.29, 1.82) is 0 Å². The second-order valence-corrected chi connectivity index (χ2v) is 4.45. The van der Waals surface area contributed by atoms with Crippen LogP contribution in [0.5, 0.6) is 11.5 Å². The van der Waals surface area contributed by atoms with Crippen molar-refractivity contribution in [1.82, 2.24) is 0 Å². The first-order valence-corrected chi connectivity index (χ1v) is 6.47. The van der Waals surface area contributed by atoms with Gasteiger partial charge in [-0.05, 0) is 23.3 Å². The summed E-state index contributed by atoms with van der Waals surface area (Å²) < 4.78 is 11.1. The fourth-order valence-corrected chi connectivity index (χ4v) is 1.88. The fraction of sp³-hybridized carbons (Fsp3) is 0.176. The first-order valence-electron chi connectivity index (χ1n) is 6.47. The van der Waals surface area contributed by atoms with Gasteiger partial charge < -0.3 is 15.2 Å². The molecule has 0 radical (unpaired) electrons. The average Bonchev–Trinajstić information content (AvgIpc) is 2.53. The van der Waals surface area contributed by atoms with Crippen LogP contribution in [0.25, 0.3) is 0 Å². The van der Waals surface area contributed by atoms with Crippen LogP contribution in [0.1, 0.15) is 17.2 Å². The van der Waals surface area contributed by atoms with Gasteiger partial charge in [0.25, 0.3) is 0 Å². The number of halogens is 1. The lowest BCUT2D eigenvalue weighted by Gasteiger charge is -2.14. The molecule has 2 aromatic rings. The van der Waals surface area contributed by atoms with Gasteiger partial charge in [0.05, 0.1) is 7.11 Å². The van der Waals surface area contributed by atoms with Crippen molar-refractivity contribution in [2.24, 2.45) is 5.73 Å². The van der Waals surface area contributed by atoms with Gasteiger partial charge in [-0.1, -0.05) is 42.5 Å². The third-order valence-electron chi connectivity index (χ3n) is 3.06.